The smallest absolute Gasteiger partial charge is 0.189 e. The molecule has 4 nitrogen and oxygen atoms in total. The quantitative estimate of drug-likeness (QED) is 0.656. The van der Waals surface area contributed by atoms with E-state index in [2.05, 4.69) is 43.2 Å². The van der Waals surface area contributed by atoms with Gasteiger partial charge in [0.25, 0.3) is 0 Å². The molecule has 0 heterocycles. The molecule has 0 aliphatic heterocycles. The van der Waals surface area contributed by atoms with Gasteiger partial charge in [0.05, 0.1) is 12.6 Å². The molecule has 1 aromatic rings. The number of nitrogens with two attached hydrogens (primary N) is 1. The van der Waals surface area contributed by atoms with Crippen molar-refractivity contribution in [3.05, 3.63) is 29.8 Å². The van der Waals surface area contributed by atoms with Crippen LogP contribution >= 0.6 is 0 Å². The van der Waals surface area contributed by atoms with Gasteiger partial charge < -0.3 is 15.8 Å². The summed E-state index contributed by atoms with van der Waals surface area (Å²) in [6.45, 7) is 8.91. The minimum Gasteiger partial charge on any atom is -0.494 e. The monoisotopic (exact) mass is 275 g/mol. The summed E-state index contributed by atoms with van der Waals surface area (Å²) >= 11 is 0. The zero-order chi connectivity index (χ0) is 14.8. The molecule has 0 unspecified atom stereocenters. The Kier molecular flexibility index (Phi) is 4.21. The summed E-state index contributed by atoms with van der Waals surface area (Å²) in [5.41, 5.74) is 7.17. The Morgan fingerprint density at radius 3 is 2.85 bits per heavy atom. The average Bonchev–Trinajstić information content (AvgIpc) is 3.06. The number of nitrogens with one attached hydrogen (secondary N) is 1. The number of hydrogen-bond acceptors (Lipinski definition) is 2. The fraction of sp³-hybridized carbons (Fsp3) is 0.562. The third-order valence-corrected chi connectivity index (χ3v) is 3.16. The van der Waals surface area contributed by atoms with Crippen LogP contribution in [0.4, 0.5) is 0 Å². The molecule has 1 fully saturated rings. The molecule has 1 saturated carbocycles. The number of aliphatic imine (C=N–C) groups is 1. The third kappa shape index (κ3) is 4.15. The molecular formula is C16H25N3O. The normalized spacial score (nSPS) is 22.5. The van der Waals surface area contributed by atoms with Crippen LogP contribution in [0.25, 0.3) is 0 Å². The summed E-state index contributed by atoms with van der Waals surface area (Å²) in [5.74, 6) is 1.93. The first-order valence-electron chi connectivity index (χ1n) is 7.23. The summed E-state index contributed by atoms with van der Waals surface area (Å²) in [5, 5.41) is 3.20. The molecule has 1 aliphatic carbocycles. The van der Waals surface area contributed by atoms with Crippen molar-refractivity contribution in [2.24, 2.45) is 10.7 Å². The zero-order valence-corrected chi connectivity index (χ0v) is 12.8. The Labute approximate surface area is 121 Å². The van der Waals surface area contributed by atoms with Crippen LogP contribution in [-0.2, 0) is 0 Å². The van der Waals surface area contributed by atoms with Gasteiger partial charge in [-0.2, -0.15) is 0 Å². The van der Waals surface area contributed by atoms with Crippen molar-refractivity contribution in [3.63, 3.8) is 0 Å². The highest BCUT2D eigenvalue weighted by Gasteiger charge is 2.38. The van der Waals surface area contributed by atoms with Gasteiger partial charge in [-0.05, 0) is 51.8 Å². The van der Waals surface area contributed by atoms with E-state index in [-0.39, 0.29) is 5.54 Å². The Morgan fingerprint density at radius 2 is 2.20 bits per heavy atom. The molecule has 4 heteroatoms. The van der Waals surface area contributed by atoms with Gasteiger partial charge in [-0.25, -0.2) is 4.99 Å². The lowest BCUT2D eigenvalue weighted by Gasteiger charge is -2.21. The molecule has 0 saturated heterocycles. The number of nitrogens with zero attached hydrogens (tertiary/aromatic N) is 1. The van der Waals surface area contributed by atoms with E-state index >= 15 is 0 Å². The molecule has 1 aliphatic rings. The molecule has 0 aromatic heterocycles. The third-order valence-electron chi connectivity index (χ3n) is 3.16. The van der Waals surface area contributed by atoms with E-state index in [0.29, 0.717) is 24.5 Å². The van der Waals surface area contributed by atoms with Crippen molar-refractivity contribution in [1.82, 2.24) is 5.32 Å². The number of hydrogen-bond donors (Lipinski definition) is 2. The summed E-state index contributed by atoms with van der Waals surface area (Å²) < 4.78 is 5.53. The van der Waals surface area contributed by atoms with Crippen molar-refractivity contribution in [2.45, 2.75) is 51.6 Å². The minimum atomic E-state index is -0.0488. The Bertz CT molecular complexity index is 491. The summed E-state index contributed by atoms with van der Waals surface area (Å²) in [7, 11) is 0. The molecule has 20 heavy (non-hydrogen) atoms. The standard InChI is InChI=1S/C16H25N3O/c1-5-20-12-8-6-7-11(9-12)13-10-14(13)18-15(17)19-16(2,3)4/h6-9,13-14H,5,10H2,1-4H3,(H3,17,18,19)/t13-,14+/m0/s1. The van der Waals surface area contributed by atoms with E-state index in [1.807, 2.05) is 19.1 Å². The van der Waals surface area contributed by atoms with Crippen molar-refractivity contribution in [2.75, 3.05) is 6.61 Å². The van der Waals surface area contributed by atoms with E-state index in [9.17, 15) is 0 Å². The van der Waals surface area contributed by atoms with Gasteiger partial charge in [-0.1, -0.05) is 12.1 Å². The Hall–Kier alpha value is -1.71. The van der Waals surface area contributed by atoms with Gasteiger partial charge in [-0.3, -0.25) is 0 Å². The average molecular weight is 275 g/mol. The highest BCUT2D eigenvalue weighted by Crippen LogP contribution is 2.44. The van der Waals surface area contributed by atoms with Crippen molar-refractivity contribution < 1.29 is 4.74 Å². The number of benzene rings is 1. The van der Waals surface area contributed by atoms with Gasteiger partial charge in [-0.15, -0.1) is 0 Å². The zero-order valence-electron chi connectivity index (χ0n) is 12.8. The Balaban J connectivity index is 1.97. The minimum absolute atomic E-state index is 0.0488. The van der Waals surface area contributed by atoms with Gasteiger partial charge >= 0.3 is 0 Å². The van der Waals surface area contributed by atoms with E-state index in [1.54, 1.807) is 0 Å². The topological polar surface area (TPSA) is 59.6 Å². The van der Waals surface area contributed by atoms with E-state index in [4.69, 9.17) is 10.5 Å². The van der Waals surface area contributed by atoms with Gasteiger partial charge in [0.2, 0.25) is 0 Å². The van der Waals surface area contributed by atoms with Crippen molar-refractivity contribution in [1.29, 1.82) is 0 Å². The molecule has 0 amide bonds. The maximum atomic E-state index is 5.93. The summed E-state index contributed by atoms with van der Waals surface area (Å²) in [6.07, 6.45) is 1.06. The second-order valence-corrected chi connectivity index (χ2v) is 6.30. The Morgan fingerprint density at radius 1 is 1.45 bits per heavy atom. The highest BCUT2D eigenvalue weighted by molar-refractivity contribution is 5.79. The first-order valence-corrected chi connectivity index (χ1v) is 7.23. The molecule has 2 atom stereocenters. The van der Waals surface area contributed by atoms with Crippen LogP contribution in [0.1, 0.15) is 45.6 Å². The lowest BCUT2D eigenvalue weighted by atomic mass is 10.1. The van der Waals surface area contributed by atoms with Crippen LogP contribution in [0.3, 0.4) is 0 Å². The molecule has 2 rings (SSSR count). The van der Waals surface area contributed by atoms with Crippen LogP contribution in [0.5, 0.6) is 5.75 Å². The van der Waals surface area contributed by atoms with Crippen LogP contribution in [0.15, 0.2) is 29.3 Å². The van der Waals surface area contributed by atoms with Gasteiger partial charge in [0.1, 0.15) is 5.75 Å². The second-order valence-electron chi connectivity index (χ2n) is 6.30. The molecule has 0 radical (unpaired) electrons. The summed E-state index contributed by atoms with van der Waals surface area (Å²) in [6, 6.07) is 8.56. The largest absolute Gasteiger partial charge is 0.494 e. The number of ether oxygens (including phenoxy) is 1. The fourth-order valence-corrected chi connectivity index (χ4v) is 2.28. The maximum Gasteiger partial charge on any atom is 0.189 e. The number of rotatable bonds is 4. The van der Waals surface area contributed by atoms with Crippen LogP contribution in [0.2, 0.25) is 0 Å². The SMILES string of the molecule is CCOc1cccc([C@@H]2C[C@H]2N=C(N)NC(C)(C)C)c1. The van der Waals surface area contributed by atoms with Crippen LogP contribution in [0, 0.1) is 0 Å². The predicted molar refractivity (Wildman–Crippen MR) is 83.3 cm³/mol. The van der Waals surface area contributed by atoms with Crippen molar-refractivity contribution >= 4 is 5.96 Å². The van der Waals surface area contributed by atoms with Crippen molar-refractivity contribution in [3.8, 4) is 5.75 Å². The van der Waals surface area contributed by atoms with Gasteiger partial charge in [0, 0.05) is 11.5 Å². The maximum absolute atomic E-state index is 5.93. The molecule has 0 bridgehead atoms. The fourth-order valence-electron chi connectivity index (χ4n) is 2.28. The lowest BCUT2D eigenvalue weighted by Crippen LogP contribution is -2.45. The first-order chi connectivity index (χ1) is 9.39. The first kappa shape index (κ1) is 14.7. The van der Waals surface area contributed by atoms with Gasteiger partial charge in [0.15, 0.2) is 5.96 Å². The van der Waals surface area contributed by atoms with Crippen LogP contribution in [-0.4, -0.2) is 24.1 Å². The highest BCUT2D eigenvalue weighted by atomic mass is 16.5. The predicted octanol–water partition coefficient (Wildman–Crippen LogP) is 2.64. The van der Waals surface area contributed by atoms with E-state index < -0.39 is 0 Å². The van der Waals surface area contributed by atoms with E-state index in [0.717, 1.165) is 12.2 Å². The lowest BCUT2D eigenvalue weighted by molar-refractivity contribution is 0.340. The molecule has 0 spiro atoms. The molecular weight excluding hydrogens is 250 g/mol. The molecule has 1 aromatic carbocycles. The molecule has 110 valence electrons. The van der Waals surface area contributed by atoms with E-state index in [1.165, 1.54) is 5.56 Å². The second kappa shape index (κ2) is 5.73. The number of guanidine groups is 1. The molecule has 3 N–H and O–H groups in total. The van der Waals surface area contributed by atoms with Crippen LogP contribution < -0.4 is 15.8 Å². The summed E-state index contributed by atoms with van der Waals surface area (Å²) in [4.78, 5) is 4.55.